The average molecular weight is 735 g/mol. The van der Waals surface area contributed by atoms with Gasteiger partial charge in [0, 0.05) is 17.2 Å². The molecule has 2 aliphatic heterocycles. The lowest BCUT2D eigenvalue weighted by Crippen LogP contribution is -2.41. The summed E-state index contributed by atoms with van der Waals surface area (Å²) < 4.78 is 20.1. The molecule has 2 aliphatic rings. The zero-order valence-corrected chi connectivity index (χ0v) is 29.7. The van der Waals surface area contributed by atoms with Crippen molar-refractivity contribution in [3.63, 3.8) is 0 Å². The molecule has 3 amide bonds. The minimum Gasteiger partial charge on any atom is -0.445 e. The molecule has 272 valence electrons. The van der Waals surface area contributed by atoms with E-state index in [4.69, 9.17) is 14.2 Å². The standard InChI is InChI=1S/C39H38N6O7S/c1-25-33(24-53-38-41-42-43-45(38)31-10-6-3-7-11-31)51-37(52-35(25)29-16-14-27(22-46)15-17-29)30-18-12-26(13-19-30)21-44-34(47)20-32(36(44)48)40-39(49)50-23-28-8-4-2-5-9-28/h2-19,25,32-33,35,37,46H,20-24H2,1H3,(H,40,49)/t25-,32?,33+,35+,37+/m1/s1. The van der Waals surface area contributed by atoms with Gasteiger partial charge in [-0.1, -0.05) is 116 Å². The Bertz CT molecular complexity index is 2010. The van der Waals surface area contributed by atoms with Crippen molar-refractivity contribution in [3.8, 4) is 5.69 Å². The Labute approximate surface area is 310 Å². The Morgan fingerprint density at radius 1 is 0.887 bits per heavy atom. The second-order valence-corrected chi connectivity index (χ2v) is 13.9. The highest BCUT2D eigenvalue weighted by Crippen LogP contribution is 2.43. The van der Waals surface area contributed by atoms with Crippen molar-refractivity contribution in [1.29, 1.82) is 0 Å². The SMILES string of the molecule is C[C@@H]1[C@H](CSc2nnnn2-c2ccccc2)O[C@H](c2ccc(CN3C(=O)CC(NC(=O)OCc4ccccc4)C3=O)cc2)O[C@@H]1c1ccc(CO)cc1. The van der Waals surface area contributed by atoms with Gasteiger partial charge in [-0.3, -0.25) is 14.5 Å². The summed E-state index contributed by atoms with van der Waals surface area (Å²) in [4.78, 5) is 39.5. The van der Waals surface area contributed by atoms with Crippen molar-refractivity contribution in [2.45, 2.75) is 62.8 Å². The lowest BCUT2D eigenvalue weighted by molar-refractivity contribution is -0.268. The Kier molecular flexibility index (Phi) is 11.2. The number of thioether (sulfide) groups is 1. The number of amides is 3. The van der Waals surface area contributed by atoms with Crippen molar-refractivity contribution < 1.29 is 33.7 Å². The summed E-state index contributed by atoms with van der Waals surface area (Å²) in [7, 11) is 0. The van der Waals surface area contributed by atoms with Crippen LogP contribution >= 0.6 is 11.8 Å². The summed E-state index contributed by atoms with van der Waals surface area (Å²) in [6, 6.07) is 33.0. The van der Waals surface area contributed by atoms with Gasteiger partial charge in [-0.15, -0.1) is 5.10 Å². The van der Waals surface area contributed by atoms with Crippen molar-refractivity contribution in [3.05, 3.63) is 137 Å². The number of hydrogen-bond acceptors (Lipinski definition) is 11. The third kappa shape index (κ3) is 8.47. The number of carbonyl (C=O) groups is 3. The molecule has 0 bridgehead atoms. The summed E-state index contributed by atoms with van der Waals surface area (Å²) in [5.41, 5.74) is 4.92. The summed E-state index contributed by atoms with van der Waals surface area (Å²) in [5.74, 6) is -0.374. The maximum Gasteiger partial charge on any atom is 0.408 e. The van der Waals surface area contributed by atoms with Crippen LogP contribution in [-0.4, -0.2) is 66.0 Å². The molecule has 5 atom stereocenters. The predicted octanol–water partition coefficient (Wildman–Crippen LogP) is 5.29. The van der Waals surface area contributed by atoms with Crippen LogP contribution in [0.4, 0.5) is 4.79 Å². The van der Waals surface area contributed by atoms with E-state index >= 15 is 0 Å². The molecule has 4 aromatic carbocycles. The van der Waals surface area contributed by atoms with Crippen LogP contribution in [0.1, 0.15) is 53.6 Å². The second kappa shape index (κ2) is 16.5. The quantitative estimate of drug-likeness (QED) is 0.127. The summed E-state index contributed by atoms with van der Waals surface area (Å²) in [6.07, 6.45) is -2.20. The number of para-hydroxylation sites is 1. The van der Waals surface area contributed by atoms with E-state index in [-0.39, 0.29) is 50.2 Å². The van der Waals surface area contributed by atoms with Crippen molar-refractivity contribution in [2.75, 3.05) is 5.75 Å². The zero-order chi connectivity index (χ0) is 36.7. The number of aliphatic hydroxyl groups excluding tert-OH is 1. The van der Waals surface area contributed by atoms with Crippen LogP contribution in [0.3, 0.4) is 0 Å². The van der Waals surface area contributed by atoms with Crippen molar-refractivity contribution in [2.24, 2.45) is 5.92 Å². The molecule has 14 heteroatoms. The summed E-state index contributed by atoms with van der Waals surface area (Å²) in [5, 5.41) is 25.1. The Morgan fingerprint density at radius 2 is 1.57 bits per heavy atom. The summed E-state index contributed by atoms with van der Waals surface area (Å²) in [6.45, 7) is 2.14. The first kappa shape index (κ1) is 36.0. The fourth-order valence-corrected chi connectivity index (χ4v) is 7.35. The number of ether oxygens (including phenoxy) is 3. The molecular formula is C39H38N6O7S. The normalized spacial score (nSPS) is 21.5. The number of rotatable bonds is 12. The first-order valence-electron chi connectivity index (χ1n) is 17.2. The number of benzene rings is 4. The van der Waals surface area contributed by atoms with Crippen LogP contribution in [0.25, 0.3) is 5.69 Å². The van der Waals surface area contributed by atoms with Crippen LogP contribution in [0.15, 0.2) is 114 Å². The topological polar surface area (TPSA) is 158 Å². The lowest BCUT2D eigenvalue weighted by Gasteiger charge is -2.41. The van der Waals surface area contributed by atoms with Crippen LogP contribution in [0, 0.1) is 5.92 Å². The maximum absolute atomic E-state index is 13.1. The van der Waals surface area contributed by atoms with E-state index < -0.39 is 24.3 Å². The molecular weight excluding hydrogens is 697 g/mol. The van der Waals surface area contributed by atoms with Gasteiger partial charge in [0.2, 0.25) is 11.1 Å². The van der Waals surface area contributed by atoms with E-state index in [1.165, 1.54) is 11.8 Å². The number of hydrogen-bond donors (Lipinski definition) is 2. The van der Waals surface area contributed by atoms with E-state index in [1.54, 1.807) is 4.68 Å². The molecule has 1 aromatic heterocycles. The molecule has 2 fully saturated rings. The number of carbonyl (C=O) groups excluding carboxylic acids is 3. The number of aliphatic hydroxyl groups is 1. The molecule has 0 saturated carbocycles. The molecule has 0 aliphatic carbocycles. The highest BCUT2D eigenvalue weighted by molar-refractivity contribution is 7.99. The zero-order valence-electron chi connectivity index (χ0n) is 28.9. The molecule has 2 saturated heterocycles. The van der Waals surface area contributed by atoms with Gasteiger partial charge >= 0.3 is 6.09 Å². The lowest BCUT2D eigenvalue weighted by atomic mass is 9.91. The van der Waals surface area contributed by atoms with E-state index in [0.29, 0.717) is 10.9 Å². The summed E-state index contributed by atoms with van der Waals surface area (Å²) >= 11 is 1.49. The number of aromatic nitrogens is 4. The first-order chi connectivity index (χ1) is 25.9. The molecule has 2 N–H and O–H groups in total. The van der Waals surface area contributed by atoms with Crippen LogP contribution in [0.2, 0.25) is 0 Å². The average Bonchev–Trinajstić information content (AvgIpc) is 3.77. The molecule has 3 heterocycles. The minimum absolute atomic E-state index is 0.0494. The minimum atomic E-state index is -0.994. The van der Waals surface area contributed by atoms with Gasteiger partial charge in [0.15, 0.2) is 6.29 Å². The smallest absolute Gasteiger partial charge is 0.408 e. The van der Waals surface area contributed by atoms with Gasteiger partial charge in [-0.25, -0.2) is 4.79 Å². The molecule has 5 aromatic rings. The molecule has 7 rings (SSSR count). The highest BCUT2D eigenvalue weighted by Gasteiger charge is 2.41. The second-order valence-electron chi connectivity index (χ2n) is 12.9. The van der Waals surface area contributed by atoms with E-state index in [0.717, 1.165) is 38.4 Å². The van der Waals surface area contributed by atoms with Gasteiger partial charge in [-0.05, 0) is 44.8 Å². The van der Waals surface area contributed by atoms with Crippen molar-refractivity contribution in [1.82, 2.24) is 30.4 Å². The van der Waals surface area contributed by atoms with E-state index in [2.05, 4.69) is 27.8 Å². The number of tetrazole rings is 1. The van der Waals surface area contributed by atoms with Gasteiger partial charge in [-0.2, -0.15) is 4.68 Å². The van der Waals surface area contributed by atoms with Gasteiger partial charge in [0.1, 0.15) is 12.6 Å². The highest BCUT2D eigenvalue weighted by atomic mass is 32.2. The largest absolute Gasteiger partial charge is 0.445 e. The fourth-order valence-electron chi connectivity index (χ4n) is 6.30. The molecule has 0 radical (unpaired) electrons. The van der Waals surface area contributed by atoms with E-state index in [9.17, 15) is 19.5 Å². The van der Waals surface area contributed by atoms with Gasteiger partial charge in [0.25, 0.3) is 5.91 Å². The van der Waals surface area contributed by atoms with Gasteiger partial charge < -0.3 is 24.6 Å². The van der Waals surface area contributed by atoms with Crippen LogP contribution in [0.5, 0.6) is 0 Å². The van der Waals surface area contributed by atoms with E-state index in [1.807, 2.05) is 109 Å². The number of imide groups is 1. The molecule has 1 unspecified atom stereocenters. The number of nitrogens with zero attached hydrogens (tertiary/aromatic N) is 5. The molecule has 13 nitrogen and oxygen atoms in total. The number of nitrogens with one attached hydrogen (secondary N) is 1. The van der Waals surface area contributed by atoms with Crippen LogP contribution < -0.4 is 5.32 Å². The van der Waals surface area contributed by atoms with Crippen molar-refractivity contribution >= 4 is 29.7 Å². The third-order valence-corrected chi connectivity index (χ3v) is 10.3. The monoisotopic (exact) mass is 734 g/mol. The molecule has 0 spiro atoms. The third-order valence-electron chi connectivity index (χ3n) is 9.28. The number of alkyl carbamates (subject to hydrolysis) is 1. The maximum atomic E-state index is 13.1. The Hall–Kier alpha value is -5.41. The Morgan fingerprint density at radius 3 is 2.28 bits per heavy atom. The molecule has 53 heavy (non-hydrogen) atoms. The predicted molar refractivity (Wildman–Crippen MR) is 193 cm³/mol. The van der Waals surface area contributed by atoms with Gasteiger partial charge in [0.05, 0.1) is 37.5 Å². The Balaban J connectivity index is 1.02. The fraction of sp³-hybridized carbons (Fsp3) is 0.282. The number of likely N-dealkylation sites (tertiary alicyclic amines) is 1. The van der Waals surface area contributed by atoms with Crippen LogP contribution in [-0.2, 0) is 43.6 Å². The first-order valence-corrected chi connectivity index (χ1v) is 18.2.